The zero-order chi connectivity index (χ0) is 20.4. The molecule has 2 unspecified atom stereocenters. The summed E-state index contributed by atoms with van der Waals surface area (Å²) >= 11 is 0. The Hall–Kier alpha value is -1.63. The van der Waals surface area contributed by atoms with Gasteiger partial charge in [-0.3, -0.25) is 14.9 Å². The minimum absolute atomic E-state index is 0.161. The van der Waals surface area contributed by atoms with E-state index >= 15 is 0 Å². The van der Waals surface area contributed by atoms with Gasteiger partial charge >= 0.3 is 12.0 Å². The first-order chi connectivity index (χ1) is 13.5. The molecule has 1 aliphatic heterocycles. The lowest BCUT2D eigenvalue weighted by Crippen LogP contribution is -2.38. The summed E-state index contributed by atoms with van der Waals surface area (Å²) in [5.41, 5.74) is 0. The van der Waals surface area contributed by atoms with Gasteiger partial charge in [-0.25, -0.2) is 4.79 Å². The van der Waals surface area contributed by atoms with E-state index in [4.69, 9.17) is 4.74 Å². The number of nitrogens with zero attached hydrogens (tertiary/aromatic N) is 1. The molecule has 0 aromatic carbocycles. The van der Waals surface area contributed by atoms with Crippen molar-refractivity contribution in [2.24, 2.45) is 5.92 Å². The third kappa shape index (κ3) is 7.08. The lowest BCUT2D eigenvalue weighted by molar-refractivity contribution is -0.143. The van der Waals surface area contributed by atoms with Crippen LogP contribution < -0.4 is 5.32 Å². The molecule has 3 amide bonds. The number of unbranched alkanes of at least 4 members (excludes halogenated alkanes) is 3. The predicted molar refractivity (Wildman–Crippen MR) is 106 cm³/mol. The van der Waals surface area contributed by atoms with Crippen LogP contribution in [0.25, 0.3) is 0 Å². The number of aliphatic hydroxyl groups excluding tert-OH is 1. The van der Waals surface area contributed by atoms with E-state index in [1.807, 2.05) is 0 Å². The Labute approximate surface area is 168 Å². The van der Waals surface area contributed by atoms with Crippen molar-refractivity contribution in [3.8, 4) is 0 Å². The lowest BCUT2D eigenvalue weighted by atomic mass is 9.84. The Bertz CT molecular complexity index is 519. The highest BCUT2D eigenvalue weighted by Gasteiger charge is 2.38. The number of amides is 3. The van der Waals surface area contributed by atoms with Gasteiger partial charge in [0.15, 0.2) is 0 Å². The highest BCUT2D eigenvalue weighted by molar-refractivity contribution is 6.04. The number of rotatable bonds is 12. The molecule has 2 atom stereocenters. The number of ether oxygens (including phenoxy) is 1. The highest BCUT2D eigenvalue weighted by atomic mass is 16.5. The first-order valence-corrected chi connectivity index (χ1v) is 11.0. The van der Waals surface area contributed by atoms with Crippen LogP contribution in [-0.4, -0.2) is 53.2 Å². The van der Waals surface area contributed by atoms with E-state index in [2.05, 4.69) is 5.32 Å². The zero-order valence-electron chi connectivity index (χ0n) is 17.2. The molecule has 2 N–H and O–H groups in total. The van der Waals surface area contributed by atoms with E-state index in [9.17, 15) is 19.5 Å². The molecule has 1 saturated carbocycles. The summed E-state index contributed by atoms with van der Waals surface area (Å²) in [5, 5.41) is 12.9. The van der Waals surface area contributed by atoms with Crippen LogP contribution in [-0.2, 0) is 14.3 Å². The molecule has 0 spiro atoms. The van der Waals surface area contributed by atoms with Crippen LogP contribution in [0.15, 0.2) is 0 Å². The SMILES string of the molecule is CCOC(=O)CCCCCCC1C(=O)NC(=O)N1CCC(O)C1CCCCC1. The van der Waals surface area contributed by atoms with Gasteiger partial charge in [0, 0.05) is 13.0 Å². The molecule has 1 saturated heterocycles. The normalized spacial score (nSPS) is 21.6. The van der Waals surface area contributed by atoms with E-state index in [1.165, 1.54) is 19.3 Å². The van der Waals surface area contributed by atoms with Crippen molar-refractivity contribution in [3.05, 3.63) is 0 Å². The third-order valence-electron chi connectivity index (χ3n) is 5.94. The van der Waals surface area contributed by atoms with Crippen LogP contribution in [0.1, 0.15) is 84.0 Å². The molecule has 7 nitrogen and oxygen atoms in total. The Balaban J connectivity index is 1.68. The average Bonchev–Trinajstić information content (AvgIpc) is 2.96. The average molecular weight is 397 g/mol. The molecular weight excluding hydrogens is 360 g/mol. The number of aliphatic hydroxyl groups is 1. The van der Waals surface area contributed by atoms with Gasteiger partial charge in [-0.05, 0) is 44.9 Å². The summed E-state index contributed by atoms with van der Waals surface area (Å²) in [7, 11) is 0. The summed E-state index contributed by atoms with van der Waals surface area (Å²) < 4.78 is 4.90. The van der Waals surface area contributed by atoms with Crippen molar-refractivity contribution >= 4 is 17.9 Å². The lowest BCUT2D eigenvalue weighted by Gasteiger charge is -2.29. The smallest absolute Gasteiger partial charge is 0.324 e. The fraction of sp³-hybridized carbons (Fsp3) is 0.857. The van der Waals surface area contributed by atoms with E-state index < -0.39 is 12.1 Å². The fourth-order valence-corrected chi connectivity index (χ4v) is 4.31. The molecule has 0 aromatic rings. The van der Waals surface area contributed by atoms with Gasteiger partial charge in [0.1, 0.15) is 6.04 Å². The number of urea groups is 1. The standard InChI is InChI=1S/C21H36N2O5/c1-2-28-19(25)13-9-4-3-8-12-17-20(26)22-21(27)23(17)15-14-18(24)16-10-6-5-7-11-16/h16-18,24H,2-15H2,1H3,(H,22,26,27). The fourth-order valence-electron chi connectivity index (χ4n) is 4.31. The highest BCUT2D eigenvalue weighted by Crippen LogP contribution is 2.28. The summed E-state index contributed by atoms with van der Waals surface area (Å²) in [6, 6.07) is -0.774. The number of esters is 1. The number of hydrogen-bond donors (Lipinski definition) is 2. The Morgan fingerprint density at radius 1 is 1.18 bits per heavy atom. The van der Waals surface area contributed by atoms with Crippen molar-refractivity contribution in [2.45, 2.75) is 96.1 Å². The van der Waals surface area contributed by atoms with Gasteiger partial charge in [0.05, 0.1) is 12.7 Å². The maximum Gasteiger partial charge on any atom is 0.324 e. The van der Waals surface area contributed by atoms with Crippen molar-refractivity contribution in [1.29, 1.82) is 0 Å². The van der Waals surface area contributed by atoms with Crippen LogP contribution in [0.2, 0.25) is 0 Å². The first kappa shape index (κ1) is 22.7. The van der Waals surface area contributed by atoms with Crippen molar-refractivity contribution < 1.29 is 24.2 Å². The molecule has 0 radical (unpaired) electrons. The molecule has 28 heavy (non-hydrogen) atoms. The quantitative estimate of drug-likeness (QED) is 0.300. The predicted octanol–water partition coefficient (Wildman–Crippen LogP) is 3.14. The molecule has 0 aromatic heterocycles. The van der Waals surface area contributed by atoms with Gasteiger partial charge in [-0.2, -0.15) is 0 Å². The Morgan fingerprint density at radius 2 is 1.89 bits per heavy atom. The molecule has 0 bridgehead atoms. The maximum absolute atomic E-state index is 12.1. The third-order valence-corrected chi connectivity index (χ3v) is 5.94. The monoisotopic (exact) mass is 396 g/mol. The van der Waals surface area contributed by atoms with Crippen LogP contribution in [0.5, 0.6) is 0 Å². The van der Waals surface area contributed by atoms with Crippen LogP contribution >= 0.6 is 0 Å². The molecule has 2 rings (SSSR count). The minimum Gasteiger partial charge on any atom is -0.466 e. The van der Waals surface area contributed by atoms with Crippen LogP contribution in [0, 0.1) is 5.92 Å². The summed E-state index contributed by atoms with van der Waals surface area (Å²) in [5.74, 6) is -0.0670. The van der Waals surface area contributed by atoms with Crippen LogP contribution in [0.3, 0.4) is 0 Å². The summed E-state index contributed by atoms with van der Waals surface area (Å²) in [6.07, 6.45) is 10.3. The molecule has 1 aliphatic carbocycles. The number of imide groups is 1. The number of carbonyl (C=O) groups excluding carboxylic acids is 3. The van der Waals surface area contributed by atoms with E-state index in [0.717, 1.165) is 38.5 Å². The first-order valence-electron chi connectivity index (χ1n) is 11.0. The summed E-state index contributed by atoms with van der Waals surface area (Å²) in [4.78, 5) is 37.1. The molecule has 2 aliphatic rings. The van der Waals surface area contributed by atoms with Gasteiger partial charge in [0.2, 0.25) is 0 Å². The summed E-state index contributed by atoms with van der Waals surface area (Å²) in [6.45, 7) is 2.63. The van der Waals surface area contributed by atoms with Crippen molar-refractivity contribution in [3.63, 3.8) is 0 Å². The van der Waals surface area contributed by atoms with Crippen molar-refractivity contribution in [1.82, 2.24) is 10.2 Å². The van der Waals surface area contributed by atoms with Gasteiger partial charge < -0.3 is 14.7 Å². The maximum atomic E-state index is 12.1. The molecule has 160 valence electrons. The van der Waals surface area contributed by atoms with Gasteiger partial charge in [-0.15, -0.1) is 0 Å². The van der Waals surface area contributed by atoms with Gasteiger partial charge in [-0.1, -0.05) is 38.5 Å². The molecular formula is C21H36N2O5. The zero-order valence-corrected chi connectivity index (χ0v) is 17.2. The number of hydrogen-bond acceptors (Lipinski definition) is 5. The Kier molecular flexibility index (Phi) is 9.75. The molecule has 7 heteroatoms. The van der Waals surface area contributed by atoms with Crippen LogP contribution in [0.4, 0.5) is 4.79 Å². The largest absolute Gasteiger partial charge is 0.466 e. The number of carbonyl (C=O) groups is 3. The topological polar surface area (TPSA) is 95.9 Å². The van der Waals surface area contributed by atoms with Gasteiger partial charge in [0.25, 0.3) is 5.91 Å². The minimum atomic E-state index is -0.434. The molecule has 1 heterocycles. The second-order valence-corrected chi connectivity index (χ2v) is 8.02. The second-order valence-electron chi connectivity index (χ2n) is 8.02. The van der Waals surface area contributed by atoms with Crippen molar-refractivity contribution in [2.75, 3.05) is 13.2 Å². The Morgan fingerprint density at radius 3 is 2.61 bits per heavy atom. The van der Waals surface area contributed by atoms with E-state index in [1.54, 1.807) is 11.8 Å². The molecule has 2 fully saturated rings. The number of nitrogens with one attached hydrogen (secondary N) is 1. The van der Waals surface area contributed by atoms with E-state index in [-0.39, 0.29) is 17.9 Å². The second kappa shape index (κ2) is 12.0. The van der Waals surface area contributed by atoms with E-state index in [0.29, 0.717) is 38.3 Å².